The van der Waals surface area contributed by atoms with E-state index in [1.165, 1.54) is 6.92 Å². The molecule has 6 heteroatoms. The maximum atomic E-state index is 12.7. The van der Waals surface area contributed by atoms with Crippen molar-refractivity contribution in [2.24, 2.45) is 0 Å². The van der Waals surface area contributed by atoms with Gasteiger partial charge >= 0.3 is 0 Å². The lowest BCUT2D eigenvalue weighted by Crippen LogP contribution is -2.42. The normalized spacial score (nSPS) is 17.0. The number of methoxy groups -OCH3 is 1. The van der Waals surface area contributed by atoms with Crippen molar-refractivity contribution in [3.8, 4) is 5.75 Å². The number of Topliss-reactive ketones (excluding diaryl/α,β-unsaturated/α-hetero) is 1. The molecule has 1 aliphatic rings. The lowest BCUT2D eigenvalue weighted by atomic mass is 10.1. The van der Waals surface area contributed by atoms with Gasteiger partial charge in [0, 0.05) is 38.9 Å². The topological polar surface area (TPSA) is 59.1 Å². The van der Waals surface area contributed by atoms with E-state index in [2.05, 4.69) is 4.90 Å². The third kappa shape index (κ3) is 5.83. The molecule has 1 aliphatic heterocycles. The highest BCUT2D eigenvalue weighted by Gasteiger charge is 2.24. The summed E-state index contributed by atoms with van der Waals surface area (Å²) in [7, 11) is 1.70. The van der Waals surface area contributed by atoms with Gasteiger partial charge < -0.3 is 14.4 Å². The molecule has 0 aliphatic carbocycles. The molecule has 1 heterocycles. The first-order valence-corrected chi connectivity index (χ1v) is 8.79. The molecule has 1 fully saturated rings. The zero-order valence-electron chi connectivity index (χ0n) is 15.4. The van der Waals surface area contributed by atoms with Crippen LogP contribution in [0.25, 0.3) is 0 Å². The molecule has 0 bridgehead atoms. The Labute approximate surface area is 149 Å². The molecule has 2 rings (SSSR count). The summed E-state index contributed by atoms with van der Waals surface area (Å²) in [4.78, 5) is 28.3. The molecule has 0 saturated carbocycles. The molecule has 0 spiro atoms. The molecular weight excluding hydrogens is 320 g/mol. The maximum absolute atomic E-state index is 12.7. The SMILES string of the molecule is COCCN1CCCN(C(=O)[C@H](C)Oc2cccc(C(C)=O)c2)CC1. The van der Waals surface area contributed by atoms with Gasteiger partial charge in [-0.1, -0.05) is 12.1 Å². The quantitative estimate of drug-likeness (QED) is 0.704. The number of nitrogens with zero attached hydrogens (tertiary/aromatic N) is 2. The number of hydrogen-bond acceptors (Lipinski definition) is 5. The maximum Gasteiger partial charge on any atom is 0.263 e. The largest absolute Gasteiger partial charge is 0.481 e. The first-order chi connectivity index (χ1) is 12.0. The van der Waals surface area contributed by atoms with Crippen molar-refractivity contribution in [3.63, 3.8) is 0 Å². The molecule has 1 aromatic carbocycles. The van der Waals surface area contributed by atoms with Gasteiger partial charge in [-0.3, -0.25) is 14.5 Å². The summed E-state index contributed by atoms with van der Waals surface area (Å²) in [6, 6.07) is 6.96. The highest BCUT2D eigenvalue weighted by atomic mass is 16.5. The zero-order chi connectivity index (χ0) is 18.2. The van der Waals surface area contributed by atoms with Gasteiger partial charge in [0.1, 0.15) is 5.75 Å². The van der Waals surface area contributed by atoms with Crippen LogP contribution in [0.1, 0.15) is 30.6 Å². The smallest absolute Gasteiger partial charge is 0.263 e. The van der Waals surface area contributed by atoms with Crippen LogP contribution in [0.4, 0.5) is 0 Å². The molecule has 25 heavy (non-hydrogen) atoms. The lowest BCUT2D eigenvalue weighted by molar-refractivity contribution is -0.137. The van der Waals surface area contributed by atoms with Crippen molar-refractivity contribution < 1.29 is 19.1 Å². The average molecular weight is 348 g/mol. The van der Waals surface area contributed by atoms with E-state index in [0.717, 1.165) is 32.6 Å². The number of benzene rings is 1. The summed E-state index contributed by atoms with van der Waals surface area (Å²) in [5.41, 5.74) is 0.584. The van der Waals surface area contributed by atoms with Gasteiger partial charge in [-0.25, -0.2) is 0 Å². The minimum Gasteiger partial charge on any atom is -0.481 e. The van der Waals surface area contributed by atoms with Crippen LogP contribution in [0.3, 0.4) is 0 Å². The van der Waals surface area contributed by atoms with Gasteiger partial charge in [0.15, 0.2) is 11.9 Å². The summed E-state index contributed by atoms with van der Waals surface area (Å²) in [6.07, 6.45) is 0.370. The summed E-state index contributed by atoms with van der Waals surface area (Å²) < 4.78 is 10.9. The first kappa shape index (κ1) is 19.4. The molecule has 1 aromatic rings. The summed E-state index contributed by atoms with van der Waals surface area (Å²) in [6.45, 7) is 8.14. The predicted molar refractivity (Wildman–Crippen MR) is 96.0 cm³/mol. The van der Waals surface area contributed by atoms with Crippen LogP contribution in [0, 0.1) is 0 Å². The lowest BCUT2D eigenvalue weighted by Gasteiger charge is -2.25. The number of rotatable bonds is 7. The Bertz CT molecular complexity index is 591. The molecule has 0 N–H and O–H groups in total. The molecule has 1 saturated heterocycles. The van der Waals surface area contributed by atoms with E-state index in [1.807, 2.05) is 4.90 Å². The standard InChI is InChI=1S/C19H28N2O4/c1-15(22)17-6-4-7-18(14-17)25-16(2)19(23)21-9-5-8-20(10-11-21)12-13-24-3/h4,6-7,14,16H,5,8-13H2,1-3H3/t16-/m0/s1. The van der Waals surface area contributed by atoms with Crippen molar-refractivity contribution in [2.75, 3.05) is 46.4 Å². The fraction of sp³-hybridized carbons (Fsp3) is 0.579. The molecule has 0 radical (unpaired) electrons. The fourth-order valence-electron chi connectivity index (χ4n) is 2.94. The number of carbonyl (C=O) groups excluding carboxylic acids is 2. The monoisotopic (exact) mass is 348 g/mol. The van der Waals surface area contributed by atoms with E-state index >= 15 is 0 Å². The van der Waals surface area contributed by atoms with Crippen LogP contribution in [-0.4, -0.2) is 74.0 Å². The second-order valence-electron chi connectivity index (χ2n) is 6.36. The summed E-state index contributed by atoms with van der Waals surface area (Å²) >= 11 is 0. The van der Waals surface area contributed by atoms with E-state index in [9.17, 15) is 9.59 Å². The van der Waals surface area contributed by atoms with Crippen LogP contribution < -0.4 is 4.74 Å². The van der Waals surface area contributed by atoms with Crippen LogP contribution >= 0.6 is 0 Å². The fourth-order valence-corrected chi connectivity index (χ4v) is 2.94. The Morgan fingerprint density at radius 2 is 2.00 bits per heavy atom. The Balaban J connectivity index is 1.91. The molecule has 6 nitrogen and oxygen atoms in total. The molecule has 1 amide bonds. The highest BCUT2D eigenvalue weighted by Crippen LogP contribution is 2.16. The highest BCUT2D eigenvalue weighted by molar-refractivity contribution is 5.94. The number of carbonyl (C=O) groups is 2. The van der Waals surface area contributed by atoms with Gasteiger partial charge in [-0.2, -0.15) is 0 Å². The third-order valence-corrected chi connectivity index (χ3v) is 4.41. The van der Waals surface area contributed by atoms with Gasteiger partial charge in [-0.15, -0.1) is 0 Å². The van der Waals surface area contributed by atoms with E-state index in [0.29, 0.717) is 24.5 Å². The molecule has 0 unspecified atom stereocenters. The molecular formula is C19H28N2O4. The van der Waals surface area contributed by atoms with Crippen molar-refractivity contribution in [1.82, 2.24) is 9.80 Å². The van der Waals surface area contributed by atoms with Crippen molar-refractivity contribution in [3.05, 3.63) is 29.8 Å². The molecule has 138 valence electrons. The van der Waals surface area contributed by atoms with E-state index in [-0.39, 0.29) is 11.7 Å². The van der Waals surface area contributed by atoms with E-state index in [1.54, 1.807) is 38.3 Å². The summed E-state index contributed by atoms with van der Waals surface area (Å²) in [5.74, 6) is 0.514. The second-order valence-corrected chi connectivity index (χ2v) is 6.36. The van der Waals surface area contributed by atoms with Crippen LogP contribution in [0.5, 0.6) is 5.75 Å². The summed E-state index contributed by atoms with van der Waals surface area (Å²) in [5, 5.41) is 0. The predicted octanol–water partition coefficient (Wildman–Crippen LogP) is 1.84. The van der Waals surface area contributed by atoms with E-state index < -0.39 is 6.10 Å². The number of ether oxygens (including phenoxy) is 2. The van der Waals surface area contributed by atoms with E-state index in [4.69, 9.17) is 9.47 Å². The average Bonchev–Trinajstić information content (AvgIpc) is 2.85. The van der Waals surface area contributed by atoms with Crippen LogP contribution in [-0.2, 0) is 9.53 Å². The van der Waals surface area contributed by atoms with Crippen molar-refractivity contribution in [1.29, 1.82) is 0 Å². The minimum absolute atomic E-state index is 0.0122. The number of hydrogen-bond donors (Lipinski definition) is 0. The Hall–Kier alpha value is -1.92. The first-order valence-electron chi connectivity index (χ1n) is 8.79. The Morgan fingerprint density at radius 1 is 1.20 bits per heavy atom. The van der Waals surface area contributed by atoms with Crippen molar-refractivity contribution >= 4 is 11.7 Å². The Morgan fingerprint density at radius 3 is 2.72 bits per heavy atom. The minimum atomic E-state index is -0.576. The van der Waals surface area contributed by atoms with Gasteiger partial charge in [0.05, 0.1) is 6.61 Å². The second kappa shape index (κ2) is 9.53. The third-order valence-electron chi connectivity index (χ3n) is 4.41. The van der Waals surface area contributed by atoms with Gasteiger partial charge in [0.2, 0.25) is 0 Å². The molecule has 1 atom stereocenters. The van der Waals surface area contributed by atoms with Gasteiger partial charge in [-0.05, 0) is 38.9 Å². The van der Waals surface area contributed by atoms with Crippen LogP contribution in [0.2, 0.25) is 0 Å². The Kier molecular flexibility index (Phi) is 7.40. The molecule has 0 aromatic heterocycles. The number of amides is 1. The van der Waals surface area contributed by atoms with Crippen molar-refractivity contribution in [2.45, 2.75) is 26.4 Å². The van der Waals surface area contributed by atoms with Crippen LogP contribution in [0.15, 0.2) is 24.3 Å². The zero-order valence-corrected chi connectivity index (χ0v) is 15.4. The number of ketones is 1. The van der Waals surface area contributed by atoms with Gasteiger partial charge in [0.25, 0.3) is 5.91 Å².